The minimum Gasteiger partial charge on any atom is -0.508 e. The van der Waals surface area contributed by atoms with E-state index in [9.17, 15) is 40.9 Å². The summed E-state index contributed by atoms with van der Waals surface area (Å²) in [6, 6.07) is 21.0. The number of aryl methyl sites for hydroxylation is 2. The number of rotatable bonds is 8. The van der Waals surface area contributed by atoms with Crippen LogP contribution in [-0.4, -0.2) is 78.2 Å². The summed E-state index contributed by atoms with van der Waals surface area (Å²) in [7, 11) is 0. The van der Waals surface area contributed by atoms with Crippen LogP contribution in [0.3, 0.4) is 0 Å². The van der Waals surface area contributed by atoms with Crippen molar-refractivity contribution in [1.82, 2.24) is 0 Å². The predicted molar refractivity (Wildman–Crippen MR) is 159 cm³/mol. The summed E-state index contributed by atoms with van der Waals surface area (Å²) < 4.78 is 18.1. The molecule has 2 heterocycles. The third kappa shape index (κ3) is 6.21. The molecule has 4 aromatic carbocycles. The van der Waals surface area contributed by atoms with Crippen LogP contribution < -0.4 is 9.47 Å². The molecule has 8 N–H and O–H groups in total. The van der Waals surface area contributed by atoms with E-state index in [0.717, 1.165) is 22.3 Å². The Labute approximate surface area is 258 Å². The molecule has 11 heteroatoms. The van der Waals surface area contributed by atoms with Crippen LogP contribution in [-0.2, 0) is 17.6 Å². The van der Waals surface area contributed by atoms with E-state index in [2.05, 4.69) is 0 Å². The molecule has 1 saturated heterocycles. The van der Waals surface area contributed by atoms with Crippen molar-refractivity contribution >= 4 is 0 Å². The summed E-state index contributed by atoms with van der Waals surface area (Å²) in [5.74, 6) is 0.0892. The van der Waals surface area contributed by atoms with Crippen LogP contribution in [0.5, 0.6) is 34.5 Å². The smallest absolute Gasteiger partial charge is 0.229 e. The molecule has 2 aliphatic heterocycles. The van der Waals surface area contributed by atoms with Gasteiger partial charge in [0.15, 0.2) is 0 Å². The number of aromatic hydroxyl groups is 4. The lowest BCUT2D eigenvalue weighted by Gasteiger charge is -2.39. The molecule has 0 radical (unpaired) electrons. The van der Waals surface area contributed by atoms with Crippen LogP contribution in [0.25, 0.3) is 0 Å². The zero-order valence-corrected chi connectivity index (χ0v) is 24.0. The normalized spacial score (nSPS) is 25.8. The molecule has 45 heavy (non-hydrogen) atoms. The molecule has 0 aromatic heterocycles. The largest absolute Gasteiger partial charge is 0.508 e. The first kappa shape index (κ1) is 30.5. The van der Waals surface area contributed by atoms with Crippen molar-refractivity contribution < 1.29 is 55.1 Å². The number of aliphatic hydroxyl groups excluding tert-OH is 4. The van der Waals surface area contributed by atoms with Crippen molar-refractivity contribution in [3.8, 4) is 34.5 Å². The van der Waals surface area contributed by atoms with E-state index in [0.29, 0.717) is 24.2 Å². The van der Waals surface area contributed by atoms with E-state index >= 15 is 0 Å². The number of hydrogen-bond acceptors (Lipinski definition) is 11. The van der Waals surface area contributed by atoms with Gasteiger partial charge in [0.25, 0.3) is 0 Å². The Bertz CT molecular complexity index is 1620. The Morgan fingerprint density at radius 1 is 0.644 bits per heavy atom. The van der Waals surface area contributed by atoms with E-state index < -0.39 is 49.3 Å². The van der Waals surface area contributed by atoms with Crippen molar-refractivity contribution in [2.75, 3.05) is 6.61 Å². The van der Waals surface area contributed by atoms with Gasteiger partial charge in [-0.1, -0.05) is 24.3 Å². The minimum atomic E-state index is -1.62. The predicted octanol–water partition coefficient (Wildman–Crippen LogP) is 2.74. The maximum absolute atomic E-state index is 10.6. The molecule has 0 amide bonds. The average molecular weight is 619 g/mol. The molecule has 4 aromatic rings. The maximum atomic E-state index is 10.6. The number of fused-ring (bicyclic) bond motifs is 1. The first-order chi connectivity index (χ1) is 21.6. The molecular formula is C34H34O11. The minimum absolute atomic E-state index is 0.0746. The molecule has 0 unspecified atom stereocenters. The number of benzene rings is 4. The number of phenolic OH excluding ortho intramolecular Hbond substituents is 4. The molecule has 0 spiro atoms. The maximum Gasteiger partial charge on any atom is 0.229 e. The van der Waals surface area contributed by atoms with E-state index in [1.165, 1.54) is 18.2 Å². The Morgan fingerprint density at radius 3 is 1.93 bits per heavy atom. The van der Waals surface area contributed by atoms with Gasteiger partial charge in [0.2, 0.25) is 6.29 Å². The van der Waals surface area contributed by atoms with Crippen molar-refractivity contribution in [1.29, 1.82) is 0 Å². The highest BCUT2D eigenvalue weighted by atomic mass is 16.7. The van der Waals surface area contributed by atoms with Gasteiger partial charge in [0.05, 0.1) is 12.5 Å². The zero-order chi connectivity index (χ0) is 31.8. The molecule has 6 rings (SSSR count). The van der Waals surface area contributed by atoms with Gasteiger partial charge in [-0.3, -0.25) is 0 Å². The van der Waals surface area contributed by atoms with Gasteiger partial charge in [-0.2, -0.15) is 0 Å². The van der Waals surface area contributed by atoms with Crippen LogP contribution in [0.15, 0.2) is 78.9 Å². The fraction of sp³-hybridized carbons (Fsp3) is 0.294. The highest BCUT2D eigenvalue weighted by molar-refractivity contribution is 5.58. The Kier molecular flexibility index (Phi) is 8.45. The molecule has 0 aliphatic carbocycles. The van der Waals surface area contributed by atoms with E-state index in [-0.39, 0.29) is 28.7 Å². The van der Waals surface area contributed by atoms with Gasteiger partial charge in [0.1, 0.15) is 65.0 Å². The zero-order valence-electron chi connectivity index (χ0n) is 24.0. The summed E-state index contributed by atoms with van der Waals surface area (Å²) in [6.07, 6.45) is -6.99. The second kappa shape index (κ2) is 12.5. The molecular weight excluding hydrogens is 584 g/mol. The Hall–Kier alpha value is -4.52. The van der Waals surface area contributed by atoms with Crippen LogP contribution in [0.2, 0.25) is 0 Å². The van der Waals surface area contributed by atoms with Gasteiger partial charge in [-0.25, -0.2) is 0 Å². The van der Waals surface area contributed by atoms with E-state index in [4.69, 9.17) is 14.2 Å². The van der Waals surface area contributed by atoms with Gasteiger partial charge >= 0.3 is 0 Å². The highest BCUT2D eigenvalue weighted by Crippen LogP contribution is 2.53. The second-order valence-corrected chi connectivity index (χ2v) is 11.4. The summed E-state index contributed by atoms with van der Waals surface area (Å²) >= 11 is 0. The highest BCUT2D eigenvalue weighted by Gasteiger charge is 2.45. The van der Waals surface area contributed by atoms with Crippen molar-refractivity contribution in [3.05, 3.63) is 107 Å². The Balaban J connectivity index is 1.44. The summed E-state index contributed by atoms with van der Waals surface area (Å²) in [6.45, 7) is -0.608. The molecule has 7 atom stereocenters. The number of phenols is 4. The average Bonchev–Trinajstić information content (AvgIpc) is 3.40. The molecule has 0 saturated carbocycles. The van der Waals surface area contributed by atoms with E-state index in [1.54, 1.807) is 48.5 Å². The van der Waals surface area contributed by atoms with Crippen LogP contribution >= 0.6 is 0 Å². The lowest BCUT2D eigenvalue weighted by atomic mass is 9.81. The van der Waals surface area contributed by atoms with Crippen LogP contribution in [0.4, 0.5) is 0 Å². The van der Waals surface area contributed by atoms with Crippen molar-refractivity contribution in [2.24, 2.45) is 0 Å². The summed E-state index contributed by atoms with van der Waals surface area (Å²) in [5.41, 5.74) is 3.78. The van der Waals surface area contributed by atoms with Gasteiger partial charge in [-0.05, 0) is 77.6 Å². The molecule has 1 fully saturated rings. The lowest BCUT2D eigenvalue weighted by molar-refractivity contribution is -0.277. The first-order valence-corrected chi connectivity index (χ1v) is 14.5. The topological polar surface area (TPSA) is 190 Å². The lowest BCUT2D eigenvalue weighted by Crippen LogP contribution is -2.60. The van der Waals surface area contributed by atoms with Gasteiger partial charge < -0.3 is 55.1 Å². The van der Waals surface area contributed by atoms with Crippen molar-refractivity contribution in [3.63, 3.8) is 0 Å². The molecule has 11 nitrogen and oxygen atoms in total. The summed E-state index contributed by atoms with van der Waals surface area (Å²) in [4.78, 5) is 0. The SMILES string of the molecule is OC[C@H]1O[C@@H](Oc2cc(CCc3ccc(O)cc3)c3c(c2)O[C@H](c2ccc(O)cc2)[C@H]3c2cc(O)cc(O)c2)[C@H](O)[C@@H](O)[C@@H]1O. The van der Waals surface area contributed by atoms with Gasteiger partial charge in [0, 0.05) is 17.7 Å². The first-order valence-electron chi connectivity index (χ1n) is 14.5. The number of hydrogen-bond donors (Lipinski definition) is 8. The van der Waals surface area contributed by atoms with Crippen molar-refractivity contribution in [2.45, 2.75) is 55.6 Å². The third-order valence-electron chi connectivity index (χ3n) is 8.29. The van der Waals surface area contributed by atoms with Crippen LogP contribution in [0, 0.1) is 0 Å². The second-order valence-electron chi connectivity index (χ2n) is 11.4. The van der Waals surface area contributed by atoms with Gasteiger partial charge in [-0.15, -0.1) is 0 Å². The number of ether oxygens (including phenoxy) is 3. The molecule has 236 valence electrons. The Morgan fingerprint density at radius 2 is 1.29 bits per heavy atom. The van der Waals surface area contributed by atoms with Crippen LogP contribution in [0.1, 0.15) is 39.8 Å². The molecule has 0 bridgehead atoms. The fourth-order valence-corrected chi connectivity index (χ4v) is 6.04. The fourth-order valence-electron chi connectivity index (χ4n) is 6.04. The standard InChI is InChI=1S/C34H34O11/c35-16-27-30(40)31(41)32(42)34(45-27)43-25-13-19(4-1-17-2-7-21(36)8-3-17)28-26(15-25)44-33(18-5-9-22(37)10-6-18)29(28)20-11-23(38)14-24(39)12-20/h2-3,5-15,27,29-42H,1,4,16H2/t27-,29+,30-,31+,32-,33-,34-/m1/s1. The molecule has 2 aliphatic rings. The van der Waals surface area contributed by atoms with E-state index in [1.807, 2.05) is 12.1 Å². The summed E-state index contributed by atoms with van der Waals surface area (Å²) in [5, 5.41) is 81.2. The number of aliphatic hydroxyl groups is 4. The third-order valence-corrected chi connectivity index (χ3v) is 8.29. The monoisotopic (exact) mass is 618 g/mol. The quantitative estimate of drug-likeness (QED) is 0.145.